The molecule has 24 heavy (non-hydrogen) atoms. The summed E-state index contributed by atoms with van der Waals surface area (Å²) < 4.78 is 20.1. The molecule has 0 aliphatic carbocycles. The number of hydrogen-bond acceptors (Lipinski definition) is 5. The first-order valence-corrected chi connectivity index (χ1v) is 8.60. The number of nitrogens with zero attached hydrogens (tertiary/aromatic N) is 2. The first-order chi connectivity index (χ1) is 11.5. The molecule has 1 atom stereocenters. The molecule has 1 amide bonds. The number of thiol groups is 1. The van der Waals surface area contributed by atoms with Crippen molar-refractivity contribution in [1.29, 1.82) is 0 Å². The van der Waals surface area contributed by atoms with E-state index in [0.29, 0.717) is 28.8 Å². The van der Waals surface area contributed by atoms with E-state index in [1.54, 1.807) is 12.1 Å². The van der Waals surface area contributed by atoms with Crippen LogP contribution in [0.25, 0.3) is 0 Å². The number of rotatable bonds is 4. The quantitative estimate of drug-likeness (QED) is 0.550. The van der Waals surface area contributed by atoms with Gasteiger partial charge in [0.1, 0.15) is 16.2 Å². The molecule has 3 rings (SSSR count). The van der Waals surface area contributed by atoms with Gasteiger partial charge in [-0.05, 0) is 18.2 Å². The minimum absolute atomic E-state index is 0.333. The second-order valence-corrected chi connectivity index (χ2v) is 6.83. The molecule has 6 nitrogen and oxygen atoms in total. The van der Waals surface area contributed by atoms with Crippen molar-refractivity contribution in [2.24, 2.45) is 0 Å². The summed E-state index contributed by atoms with van der Waals surface area (Å²) in [4.78, 5) is 15.4. The molecule has 0 bridgehead atoms. The van der Waals surface area contributed by atoms with Gasteiger partial charge in [-0.25, -0.2) is 9.18 Å². The van der Waals surface area contributed by atoms with Gasteiger partial charge in [-0.1, -0.05) is 12.2 Å². The van der Waals surface area contributed by atoms with Gasteiger partial charge in [0.15, 0.2) is 0 Å². The normalized spacial score (nSPS) is 20.9. The largest absolute Gasteiger partial charge is 0.442 e. The fourth-order valence-electron chi connectivity index (χ4n) is 2.87. The van der Waals surface area contributed by atoms with Gasteiger partial charge < -0.3 is 20.3 Å². The van der Waals surface area contributed by atoms with Crippen LogP contribution in [0.4, 0.5) is 20.6 Å². The maximum atomic E-state index is 14.5. The lowest BCUT2D eigenvalue weighted by Gasteiger charge is -2.30. The molecular weight excluding hydrogens is 351 g/mol. The average Bonchev–Trinajstić information content (AvgIpc) is 2.94. The standard InChI is InChI=1S/C15H19FN4O2S2/c16-12-7-10(1-2-13(12)19-5-3-17-4-6-19)20-9-11(22-15(20)21)8-18-14(23)24/h1-2,7,11,17H,3-6,8-9H2,(H2,18,23,24)/t11-/m0/s1. The fourth-order valence-corrected chi connectivity index (χ4v) is 3.04. The molecular formula is C15H19FN4O2S2. The van der Waals surface area contributed by atoms with Crippen molar-refractivity contribution in [1.82, 2.24) is 10.6 Å². The Morgan fingerprint density at radius 3 is 2.88 bits per heavy atom. The van der Waals surface area contributed by atoms with E-state index in [4.69, 9.17) is 17.0 Å². The Morgan fingerprint density at radius 2 is 2.21 bits per heavy atom. The van der Waals surface area contributed by atoms with E-state index < -0.39 is 6.09 Å². The Balaban J connectivity index is 1.69. The zero-order valence-electron chi connectivity index (χ0n) is 13.0. The van der Waals surface area contributed by atoms with Crippen molar-refractivity contribution in [2.45, 2.75) is 6.10 Å². The summed E-state index contributed by atoms with van der Waals surface area (Å²) in [6.07, 6.45) is -0.834. The van der Waals surface area contributed by atoms with Crippen LogP contribution in [0.3, 0.4) is 0 Å². The van der Waals surface area contributed by atoms with Crippen LogP contribution in [0.5, 0.6) is 0 Å². The number of halogens is 1. The molecule has 0 unspecified atom stereocenters. The highest BCUT2D eigenvalue weighted by Crippen LogP contribution is 2.28. The van der Waals surface area contributed by atoms with Gasteiger partial charge in [0.25, 0.3) is 0 Å². The van der Waals surface area contributed by atoms with Crippen molar-refractivity contribution < 1.29 is 13.9 Å². The number of anilines is 2. The molecule has 130 valence electrons. The Hall–Kier alpha value is -1.58. The van der Waals surface area contributed by atoms with E-state index >= 15 is 0 Å². The van der Waals surface area contributed by atoms with E-state index in [-0.39, 0.29) is 11.9 Å². The summed E-state index contributed by atoms with van der Waals surface area (Å²) in [7, 11) is 0. The zero-order chi connectivity index (χ0) is 17.1. The third-order valence-corrected chi connectivity index (χ3v) is 4.36. The molecule has 2 fully saturated rings. The Labute approximate surface area is 150 Å². The van der Waals surface area contributed by atoms with Crippen molar-refractivity contribution in [3.63, 3.8) is 0 Å². The molecule has 1 aromatic rings. The number of thiocarbonyl (C=S) groups is 1. The second kappa shape index (κ2) is 7.54. The third-order valence-electron chi connectivity index (χ3n) is 4.06. The Morgan fingerprint density at radius 1 is 1.46 bits per heavy atom. The van der Waals surface area contributed by atoms with Crippen LogP contribution in [-0.4, -0.2) is 55.8 Å². The summed E-state index contributed by atoms with van der Waals surface area (Å²) in [5.41, 5.74) is 1.05. The van der Waals surface area contributed by atoms with Gasteiger partial charge in [-0.2, -0.15) is 0 Å². The molecule has 1 aromatic carbocycles. The van der Waals surface area contributed by atoms with E-state index in [1.807, 2.05) is 4.90 Å². The predicted octanol–water partition coefficient (Wildman–Crippen LogP) is 1.36. The van der Waals surface area contributed by atoms with Crippen molar-refractivity contribution >= 4 is 46.6 Å². The lowest BCUT2D eigenvalue weighted by Crippen LogP contribution is -2.43. The topological polar surface area (TPSA) is 56.8 Å². The van der Waals surface area contributed by atoms with Crippen LogP contribution in [0.2, 0.25) is 0 Å². The third kappa shape index (κ3) is 3.90. The second-order valence-electron chi connectivity index (χ2n) is 5.68. The predicted molar refractivity (Wildman–Crippen MR) is 98.7 cm³/mol. The van der Waals surface area contributed by atoms with Crippen LogP contribution in [-0.2, 0) is 4.74 Å². The Bertz CT molecular complexity index is 640. The molecule has 2 heterocycles. The number of carbonyl (C=O) groups is 1. The Kier molecular flexibility index (Phi) is 5.42. The lowest BCUT2D eigenvalue weighted by molar-refractivity contribution is 0.143. The summed E-state index contributed by atoms with van der Waals surface area (Å²) >= 11 is 8.78. The van der Waals surface area contributed by atoms with Crippen molar-refractivity contribution in [3.05, 3.63) is 24.0 Å². The van der Waals surface area contributed by atoms with E-state index in [9.17, 15) is 9.18 Å². The number of nitrogens with one attached hydrogen (secondary N) is 2. The molecule has 0 radical (unpaired) electrons. The monoisotopic (exact) mass is 370 g/mol. The summed E-state index contributed by atoms with van der Waals surface area (Å²) in [6.45, 7) is 3.92. The van der Waals surface area contributed by atoms with Gasteiger partial charge in [-0.3, -0.25) is 4.90 Å². The van der Waals surface area contributed by atoms with E-state index in [2.05, 4.69) is 23.3 Å². The van der Waals surface area contributed by atoms with Crippen LogP contribution in [0.1, 0.15) is 0 Å². The molecule has 2 aliphatic heterocycles. The van der Waals surface area contributed by atoms with Gasteiger partial charge in [0.2, 0.25) is 0 Å². The number of carbonyl (C=O) groups excluding carboxylic acids is 1. The number of hydrogen-bond donors (Lipinski definition) is 3. The molecule has 0 spiro atoms. The van der Waals surface area contributed by atoms with Gasteiger partial charge in [-0.15, -0.1) is 12.6 Å². The number of piperazine rings is 1. The number of amides is 1. The summed E-state index contributed by atoms with van der Waals surface area (Å²) in [5.74, 6) is -0.333. The first-order valence-electron chi connectivity index (χ1n) is 7.75. The van der Waals surface area contributed by atoms with Gasteiger partial charge in [0.05, 0.1) is 24.5 Å². The molecule has 0 aromatic heterocycles. The van der Waals surface area contributed by atoms with E-state index in [0.717, 1.165) is 26.2 Å². The first kappa shape index (κ1) is 17.2. The SMILES string of the molecule is O=C1O[C@@H](CNC(=S)S)CN1c1ccc(N2CCNCC2)c(F)c1. The summed E-state index contributed by atoms with van der Waals surface area (Å²) in [6, 6.07) is 4.86. The molecule has 2 saturated heterocycles. The van der Waals surface area contributed by atoms with Crippen molar-refractivity contribution in [3.8, 4) is 0 Å². The van der Waals surface area contributed by atoms with Crippen LogP contribution in [0.15, 0.2) is 18.2 Å². The number of cyclic esters (lactones) is 1. The minimum Gasteiger partial charge on any atom is -0.442 e. The van der Waals surface area contributed by atoms with Crippen LogP contribution in [0, 0.1) is 5.82 Å². The van der Waals surface area contributed by atoms with Gasteiger partial charge in [0, 0.05) is 26.2 Å². The van der Waals surface area contributed by atoms with Crippen LogP contribution < -0.4 is 20.4 Å². The van der Waals surface area contributed by atoms with E-state index in [1.165, 1.54) is 11.0 Å². The minimum atomic E-state index is -0.485. The van der Waals surface area contributed by atoms with Crippen LogP contribution >= 0.6 is 24.8 Å². The number of benzene rings is 1. The molecule has 2 N–H and O–H groups in total. The molecule has 9 heteroatoms. The maximum absolute atomic E-state index is 14.5. The highest BCUT2D eigenvalue weighted by Gasteiger charge is 2.32. The van der Waals surface area contributed by atoms with Gasteiger partial charge >= 0.3 is 6.09 Å². The van der Waals surface area contributed by atoms with Crippen molar-refractivity contribution in [2.75, 3.05) is 49.1 Å². The average molecular weight is 370 g/mol. The lowest BCUT2D eigenvalue weighted by atomic mass is 10.2. The summed E-state index contributed by atoms with van der Waals surface area (Å²) in [5, 5.41) is 6.09. The highest BCUT2D eigenvalue weighted by molar-refractivity contribution is 8.11. The maximum Gasteiger partial charge on any atom is 0.414 e. The smallest absolute Gasteiger partial charge is 0.414 e. The zero-order valence-corrected chi connectivity index (χ0v) is 14.7. The number of ether oxygens (including phenoxy) is 1. The fraction of sp³-hybridized carbons (Fsp3) is 0.467. The molecule has 0 saturated carbocycles. The highest BCUT2D eigenvalue weighted by atomic mass is 32.1. The molecule has 2 aliphatic rings.